The Kier molecular flexibility index (Phi) is 4.95. The zero-order valence-electron chi connectivity index (χ0n) is 13.4. The van der Waals surface area contributed by atoms with Gasteiger partial charge < -0.3 is 15.0 Å². The van der Waals surface area contributed by atoms with Crippen molar-refractivity contribution in [2.24, 2.45) is 11.8 Å². The smallest absolute Gasteiger partial charge is 0.410 e. The summed E-state index contributed by atoms with van der Waals surface area (Å²) in [7, 11) is 0. The molecule has 2 unspecified atom stereocenters. The van der Waals surface area contributed by atoms with Gasteiger partial charge in [0.05, 0.1) is 0 Å². The first-order valence-corrected chi connectivity index (χ1v) is 8.06. The lowest BCUT2D eigenvalue weighted by molar-refractivity contribution is 0.00459. The van der Waals surface area contributed by atoms with Crippen molar-refractivity contribution in [3.8, 4) is 0 Å². The maximum atomic E-state index is 11.8. The van der Waals surface area contributed by atoms with Crippen LogP contribution in [0, 0.1) is 11.8 Å². The molecule has 0 aromatic rings. The fraction of sp³-hybridized carbons (Fsp3) is 0.938. The highest BCUT2D eigenvalue weighted by molar-refractivity contribution is 5.69. The van der Waals surface area contributed by atoms with E-state index in [1.54, 1.807) is 4.90 Å². The van der Waals surface area contributed by atoms with Crippen molar-refractivity contribution in [2.75, 3.05) is 19.6 Å². The van der Waals surface area contributed by atoms with Gasteiger partial charge in [0.15, 0.2) is 0 Å². The van der Waals surface area contributed by atoms with Crippen molar-refractivity contribution < 1.29 is 9.53 Å². The quantitative estimate of drug-likeness (QED) is 0.865. The summed E-state index contributed by atoms with van der Waals surface area (Å²) in [6.45, 7) is 10.8. The summed E-state index contributed by atoms with van der Waals surface area (Å²) in [6, 6.07) is 0.455. The number of nitrogens with one attached hydrogen (secondary N) is 1. The van der Waals surface area contributed by atoms with Crippen LogP contribution >= 0.6 is 0 Å². The van der Waals surface area contributed by atoms with Crippen molar-refractivity contribution in [2.45, 2.75) is 65.0 Å². The Morgan fingerprint density at radius 2 is 1.90 bits per heavy atom. The molecule has 0 radical (unpaired) electrons. The van der Waals surface area contributed by atoms with Crippen LogP contribution in [0.25, 0.3) is 0 Å². The van der Waals surface area contributed by atoms with E-state index in [1.807, 2.05) is 20.8 Å². The molecule has 1 saturated carbocycles. The Labute approximate surface area is 123 Å². The SMILES string of the molecule is CC1CCCCC1CNC1CN(C(=O)OC(C)(C)C)C1. The second kappa shape index (κ2) is 6.33. The number of nitrogens with zero attached hydrogens (tertiary/aromatic N) is 1. The number of hydrogen-bond donors (Lipinski definition) is 1. The predicted octanol–water partition coefficient (Wildman–Crippen LogP) is 3.02. The standard InChI is InChI=1S/C16H30N2O2/c1-12-7-5-6-8-13(12)9-17-14-10-18(11-14)15(19)20-16(2,3)4/h12-14,17H,5-11H2,1-4H3. The van der Waals surface area contributed by atoms with E-state index in [0.717, 1.165) is 31.5 Å². The van der Waals surface area contributed by atoms with Gasteiger partial charge in [-0.25, -0.2) is 4.79 Å². The van der Waals surface area contributed by atoms with Crippen LogP contribution in [-0.4, -0.2) is 42.3 Å². The molecule has 4 nitrogen and oxygen atoms in total. The average molecular weight is 282 g/mol. The van der Waals surface area contributed by atoms with Gasteiger partial charge in [0.2, 0.25) is 0 Å². The molecule has 0 aromatic heterocycles. The molecule has 2 aliphatic rings. The minimum atomic E-state index is -0.396. The molecule has 116 valence electrons. The van der Waals surface area contributed by atoms with Gasteiger partial charge in [-0.15, -0.1) is 0 Å². The van der Waals surface area contributed by atoms with Crippen molar-refractivity contribution in [3.63, 3.8) is 0 Å². The molecule has 2 fully saturated rings. The molecule has 4 heteroatoms. The van der Waals surface area contributed by atoms with E-state index in [1.165, 1.54) is 25.7 Å². The number of ether oxygens (including phenoxy) is 1. The second-order valence-corrected chi connectivity index (χ2v) is 7.51. The van der Waals surface area contributed by atoms with Crippen LogP contribution in [0.3, 0.4) is 0 Å². The first-order valence-electron chi connectivity index (χ1n) is 8.06. The fourth-order valence-electron chi connectivity index (χ4n) is 3.10. The molecule has 1 saturated heterocycles. The Balaban J connectivity index is 1.63. The number of carbonyl (C=O) groups is 1. The zero-order valence-corrected chi connectivity index (χ0v) is 13.4. The van der Waals surface area contributed by atoms with Gasteiger partial charge in [-0.3, -0.25) is 0 Å². The first kappa shape index (κ1) is 15.6. The first-order chi connectivity index (χ1) is 9.35. The molecule has 0 spiro atoms. The minimum absolute atomic E-state index is 0.179. The van der Waals surface area contributed by atoms with Crippen LogP contribution < -0.4 is 5.32 Å². The van der Waals surface area contributed by atoms with Crippen molar-refractivity contribution in [1.82, 2.24) is 10.2 Å². The summed E-state index contributed by atoms with van der Waals surface area (Å²) in [5, 5.41) is 3.62. The van der Waals surface area contributed by atoms with Gasteiger partial charge in [-0.05, 0) is 45.6 Å². The van der Waals surface area contributed by atoms with E-state index >= 15 is 0 Å². The van der Waals surface area contributed by atoms with Crippen molar-refractivity contribution >= 4 is 6.09 Å². The largest absolute Gasteiger partial charge is 0.444 e. The third-order valence-electron chi connectivity index (χ3n) is 4.49. The summed E-state index contributed by atoms with van der Waals surface area (Å²) in [6.07, 6.45) is 5.33. The summed E-state index contributed by atoms with van der Waals surface area (Å²) < 4.78 is 5.36. The highest BCUT2D eigenvalue weighted by Crippen LogP contribution is 2.29. The Morgan fingerprint density at radius 3 is 2.50 bits per heavy atom. The maximum Gasteiger partial charge on any atom is 0.410 e. The molecule has 0 aromatic carbocycles. The maximum absolute atomic E-state index is 11.8. The highest BCUT2D eigenvalue weighted by Gasteiger charge is 2.34. The molecule has 1 heterocycles. The molecule has 2 atom stereocenters. The fourth-order valence-corrected chi connectivity index (χ4v) is 3.10. The lowest BCUT2D eigenvalue weighted by atomic mass is 9.80. The minimum Gasteiger partial charge on any atom is -0.444 e. The molecular formula is C16H30N2O2. The number of hydrogen-bond acceptors (Lipinski definition) is 3. The number of carbonyl (C=O) groups excluding carboxylic acids is 1. The lowest BCUT2D eigenvalue weighted by Gasteiger charge is -2.41. The van der Waals surface area contributed by atoms with Gasteiger partial charge in [0.1, 0.15) is 5.60 Å². The monoisotopic (exact) mass is 282 g/mol. The molecule has 1 aliphatic heterocycles. The summed E-state index contributed by atoms with van der Waals surface area (Å²) in [4.78, 5) is 13.6. The third-order valence-corrected chi connectivity index (χ3v) is 4.49. The van der Waals surface area contributed by atoms with E-state index in [4.69, 9.17) is 4.74 Å². The average Bonchev–Trinajstić information content (AvgIpc) is 2.26. The number of likely N-dealkylation sites (tertiary alicyclic amines) is 1. The van der Waals surface area contributed by atoms with Gasteiger partial charge in [0.25, 0.3) is 0 Å². The van der Waals surface area contributed by atoms with Crippen LogP contribution in [0.15, 0.2) is 0 Å². The summed E-state index contributed by atoms with van der Waals surface area (Å²) in [5.74, 6) is 1.66. The van der Waals surface area contributed by atoms with Crippen LogP contribution in [0.4, 0.5) is 4.79 Å². The summed E-state index contributed by atoms with van der Waals surface area (Å²) >= 11 is 0. The second-order valence-electron chi connectivity index (χ2n) is 7.51. The molecule has 2 rings (SSSR count). The third kappa shape index (κ3) is 4.37. The molecule has 1 amide bonds. The van der Waals surface area contributed by atoms with Crippen molar-refractivity contribution in [1.29, 1.82) is 0 Å². The predicted molar refractivity (Wildman–Crippen MR) is 80.7 cm³/mol. The summed E-state index contributed by atoms with van der Waals surface area (Å²) in [5.41, 5.74) is -0.396. The molecule has 20 heavy (non-hydrogen) atoms. The normalized spacial score (nSPS) is 28.1. The molecule has 0 bridgehead atoms. The Hall–Kier alpha value is -0.770. The van der Waals surface area contributed by atoms with Gasteiger partial charge in [0, 0.05) is 19.1 Å². The highest BCUT2D eigenvalue weighted by atomic mass is 16.6. The van der Waals surface area contributed by atoms with Gasteiger partial charge in [-0.2, -0.15) is 0 Å². The van der Waals surface area contributed by atoms with E-state index in [9.17, 15) is 4.79 Å². The molecular weight excluding hydrogens is 252 g/mol. The van der Waals surface area contributed by atoms with Crippen LogP contribution in [0.1, 0.15) is 53.4 Å². The number of rotatable bonds is 3. The Bertz CT molecular complexity index is 332. The molecule has 1 N–H and O–H groups in total. The number of amides is 1. The van der Waals surface area contributed by atoms with Gasteiger partial charge >= 0.3 is 6.09 Å². The van der Waals surface area contributed by atoms with Gasteiger partial charge in [-0.1, -0.05) is 26.2 Å². The molecule has 1 aliphatic carbocycles. The van der Waals surface area contributed by atoms with E-state index in [-0.39, 0.29) is 6.09 Å². The van der Waals surface area contributed by atoms with E-state index in [0.29, 0.717) is 6.04 Å². The van der Waals surface area contributed by atoms with E-state index in [2.05, 4.69) is 12.2 Å². The van der Waals surface area contributed by atoms with Crippen molar-refractivity contribution in [3.05, 3.63) is 0 Å². The Morgan fingerprint density at radius 1 is 1.25 bits per heavy atom. The van der Waals surface area contributed by atoms with Crippen LogP contribution in [0.2, 0.25) is 0 Å². The zero-order chi connectivity index (χ0) is 14.8. The topological polar surface area (TPSA) is 41.6 Å². The lowest BCUT2D eigenvalue weighted by Crippen LogP contribution is -2.61. The van der Waals surface area contributed by atoms with Crippen LogP contribution in [-0.2, 0) is 4.74 Å². The van der Waals surface area contributed by atoms with Crippen LogP contribution in [0.5, 0.6) is 0 Å². The van der Waals surface area contributed by atoms with E-state index < -0.39 is 5.60 Å².